The van der Waals surface area contributed by atoms with Crippen LogP contribution in [0.25, 0.3) is 0 Å². The number of amides is 1. The second kappa shape index (κ2) is 5.53. The van der Waals surface area contributed by atoms with Crippen molar-refractivity contribution in [3.63, 3.8) is 0 Å². The smallest absolute Gasteiger partial charge is 0.255 e. The lowest BCUT2D eigenvalue weighted by Gasteiger charge is -2.31. The number of Topliss-reactive ketones (excluding diaryl/α,β-unsaturated/α-hetero) is 1. The Kier molecular flexibility index (Phi) is 4.02. The zero-order chi connectivity index (χ0) is 13.1. The van der Waals surface area contributed by atoms with Crippen LogP contribution in [-0.2, 0) is 4.79 Å². The van der Waals surface area contributed by atoms with Crippen LogP contribution in [-0.4, -0.2) is 29.7 Å². The van der Waals surface area contributed by atoms with Gasteiger partial charge in [0.25, 0.3) is 5.91 Å². The van der Waals surface area contributed by atoms with E-state index in [1.807, 2.05) is 0 Å². The quantitative estimate of drug-likeness (QED) is 0.825. The number of carbonyl (C=O) groups is 2. The first kappa shape index (κ1) is 13.1. The summed E-state index contributed by atoms with van der Waals surface area (Å²) < 4.78 is 0. The number of carbonyl (C=O) groups excluding carboxylic acids is 2. The fourth-order valence-corrected chi connectivity index (χ4v) is 2.51. The lowest BCUT2D eigenvalue weighted by Crippen LogP contribution is -2.40. The zero-order valence-electron chi connectivity index (χ0n) is 10.4. The standard InChI is InChI=1S/C14H16ClNO2/c1-10(17)11-6-8-16(9-7-11)14(18)12-4-2-3-5-13(12)15/h2-5,11H,6-9H2,1H3. The van der Waals surface area contributed by atoms with E-state index in [0.29, 0.717) is 23.7 Å². The van der Waals surface area contributed by atoms with Gasteiger partial charge in [0, 0.05) is 19.0 Å². The van der Waals surface area contributed by atoms with Crippen LogP contribution in [0, 0.1) is 5.92 Å². The van der Waals surface area contributed by atoms with Gasteiger partial charge in [-0.3, -0.25) is 9.59 Å². The largest absolute Gasteiger partial charge is 0.339 e. The Morgan fingerprint density at radius 3 is 2.39 bits per heavy atom. The Balaban J connectivity index is 2.04. The number of benzene rings is 1. The molecule has 0 atom stereocenters. The summed E-state index contributed by atoms with van der Waals surface area (Å²) in [5.41, 5.74) is 0.542. The third kappa shape index (κ3) is 2.72. The van der Waals surface area contributed by atoms with Crippen LogP contribution in [0.3, 0.4) is 0 Å². The predicted molar refractivity (Wildman–Crippen MR) is 70.8 cm³/mol. The summed E-state index contributed by atoms with van der Waals surface area (Å²) in [6.07, 6.45) is 1.51. The van der Waals surface area contributed by atoms with Crippen molar-refractivity contribution < 1.29 is 9.59 Å². The molecule has 96 valence electrons. The molecule has 1 aliphatic heterocycles. The van der Waals surface area contributed by atoms with E-state index in [-0.39, 0.29) is 17.6 Å². The van der Waals surface area contributed by atoms with Crippen molar-refractivity contribution >= 4 is 23.3 Å². The third-order valence-electron chi connectivity index (χ3n) is 3.46. The molecule has 0 radical (unpaired) electrons. The number of rotatable bonds is 2. The van der Waals surface area contributed by atoms with Gasteiger partial charge in [-0.15, -0.1) is 0 Å². The summed E-state index contributed by atoms with van der Waals surface area (Å²) in [6, 6.07) is 7.07. The molecule has 4 heteroatoms. The number of piperidine rings is 1. The van der Waals surface area contributed by atoms with E-state index < -0.39 is 0 Å². The van der Waals surface area contributed by atoms with Crippen molar-refractivity contribution in [3.8, 4) is 0 Å². The van der Waals surface area contributed by atoms with Gasteiger partial charge in [-0.1, -0.05) is 23.7 Å². The molecular weight excluding hydrogens is 250 g/mol. The van der Waals surface area contributed by atoms with Gasteiger partial charge >= 0.3 is 0 Å². The van der Waals surface area contributed by atoms with Gasteiger partial charge in [-0.2, -0.15) is 0 Å². The molecule has 1 aromatic rings. The molecule has 0 N–H and O–H groups in total. The summed E-state index contributed by atoms with van der Waals surface area (Å²) >= 11 is 6.02. The topological polar surface area (TPSA) is 37.4 Å². The average molecular weight is 266 g/mol. The second-order valence-corrected chi connectivity index (χ2v) is 5.06. The van der Waals surface area contributed by atoms with Crippen LogP contribution in [0.15, 0.2) is 24.3 Å². The van der Waals surface area contributed by atoms with Crippen LogP contribution in [0.1, 0.15) is 30.1 Å². The summed E-state index contributed by atoms with van der Waals surface area (Å²) in [4.78, 5) is 25.3. The maximum absolute atomic E-state index is 12.3. The Labute approximate surface area is 112 Å². The van der Waals surface area contributed by atoms with Crippen LogP contribution < -0.4 is 0 Å². The molecular formula is C14H16ClNO2. The lowest BCUT2D eigenvalue weighted by molar-refractivity contribution is -0.121. The highest BCUT2D eigenvalue weighted by Gasteiger charge is 2.26. The molecule has 0 bridgehead atoms. The molecule has 1 saturated heterocycles. The molecule has 1 heterocycles. The number of halogens is 1. The Morgan fingerprint density at radius 1 is 1.22 bits per heavy atom. The van der Waals surface area contributed by atoms with Gasteiger partial charge < -0.3 is 4.90 Å². The van der Waals surface area contributed by atoms with E-state index in [4.69, 9.17) is 11.6 Å². The summed E-state index contributed by atoms with van der Waals surface area (Å²) in [7, 11) is 0. The fourth-order valence-electron chi connectivity index (χ4n) is 2.29. The lowest BCUT2D eigenvalue weighted by atomic mass is 9.93. The molecule has 1 aliphatic rings. The molecule has 0 aromatic heterocycles. The van der Waals surface area contributed by atoms with Crippen molar-refractivity contribution in [1.29, 1.82) is 0 Å². The fraction of sp³-hybridized carbons (Fsp3) is 0.429. The van der Waals surface area contributed by atoms with E-state index in [9.17, 15) is 9.59 Å². The molecule has 1 fully saturated rings. The van der Waals surface area contributed by atoms with E-state index in [2.05, 4.69) is 0 Å². The molecule has 0 unspecified atom stereocenters. The highest BCUT2D eigenvalue weighted by Crippen LogP contribution is 2.22. The SMILES string of the molecule is CC(=O)C1CCN(C(=O)c2ccccc2Cl)CC1. The minimum Gasteiger partial charge on any atom is -0.339 e. The van der Waals surface area contributed by atoms with Gasteiger partial charge in [0.15, 0.2) is 0 Å². The molecule has 1 aromatic carbocycles. The highest BCUT2D eigenvalue weighted by atomic mass is 35.5. The number of ketones is 1. The van der Waals surface area contributed by atoms with Gasteiger partial charge in [-0.25, -0.2) is 0 Å². The van der Waals surface area contributed by atoms with Crippen molar-refractivity contribution in [3.05, 3.63) is 34.9 Å². The predicted octanol–water partition coefficient (Wildman–Crippen LogP) is 2.78. The summed E-state index contributed by atoms with van der Waals surface area (Å²) in [5, 5.41) is 0.483. The average Bonchev–Trinajstić information content (AvgIpc) is 2.38. The van der Waals surface area contributed by atoms with Crippen molar-refractivity contribution in [1.82, 2.24) is 4.90 Å². The van der Waals surface area contributed by atoms with Crippen molar-refractivity contribution in [2.24, 2.45) is 5.92 Å². The molecule has 2 rings (SSSR count). The van der Waals surface area contributed by atoms with E-state index in [0.717, 1.165) is 12.8 Å². The zero-order valence-corrected chi connectivity index (χ0v) is 11.1. The van der Waals surface area contributed by atoms with Crippen molar-refractivity contribution in [2.75, 3.05) is 13.1 Å². The molecule has 18 heavy (non-hydrogen) atoms. The number of hydrogen-bond donors (Lipinski definition) is 0. The molecule has 3 nitrogen and oxygen atoms in total. The summed E-state index contributed by atoms with van der Waals surface area (Å²) in [5.74, 6) is 0.294. The first-order valence-corrected chi connectivity index (χ1v) is 6.51. The van der Waals surface area contributed by atoms with E-state index >= 15 is 0 Å². The Bertz CT molecular complexity index is 465. The van der Waals surface area contributed by atoms with Gasteiger partial charge in [0.2, 0.25) is 0 Å². The monoisotopic (exact) mass is 265 g/mol. The van der Waals surface area contributed by atoms with Gasteiger partial charge in [0.1, 0.15) is 5.78 Å². The Morgan fingerprint density at radius 2 is 1.83 bits per heavy atom. The van der Waals surface area contributed by atoms with Crippen LogP contribution in [0.5, 0.6) is 0 Å². The maximum atomic E-state index is 12.3. The molecule has 0 saturated carbocycles. The van der Waals surface area contributed by atoms with Crippen LogP contribution in [0.2, 0.25) is 5.02 Å². The van der Waals surface area contributed by atoms with Gasteiger partial charge in [0.05, 0.1) is 10.6 Å². The first-order valence-electron chi connectivity index (χ1n) is 6.14. The number of nitrogens with zero attached hydrogens (tertiary/aromatic N) is 1. The van der Waals surface area contributed by atoms with Crippen LogP contribution in [0.4, 0.5) is 0 Å². The third-order valence-corrected chi connectivity index (χ3v) is 3.79. The minimum atomic E-state index is -0.0393. The minimum absolute atomic E-state index is 0.0393. The van der Waals surface area contributed by atoms with Gasteiger partial charge in [-0.05, 0) is 31.9 Å². The summed E-state index contributed by atoms with van der Waals surface area (Å²) in [6.45, 7) is 2.89. The second-order valence-electron chi connectivity index (χ2n) is 4.66. The molecule has 0 aliphatic carbocycles. The maximum Gasteiger partial charge on any atom is 0.255 e. The van der Waals surface area contributed by atoms with Crippen molar-refractivity contribution in [2.45, 2.75) is 19.8 Å². The molecule has 1 amide bonds. The number of likely N-dealkylation sites (tertiary alicyclic amines) is 1. The van der Waals surface area contributed by atoms with E-state index in [1.54, 1.807) is 36.1 Å². The van der Waals surface area contributed by atoms with E-state index in [1.165, 1.54) is 0 Å². The molecule has 0 spiro atoms. The first-order chi connectivity index (χ1) is 8.59. The normalized spacial score (nSPS) is 16.7. The number of hydrogen-bond acceptors (Lipinski definition) is 2. The highest BCUT2D eigenvalue weighted by molar-refractivity contribution is 6.33. The van der Waals surface area contributed by atoms with Crippen LogP contribution >= 0.6 is 11.6 Å². The Hall–Kier alpha value is -1.35.